The maximum atomic E-state index is 12.0. The lowest BCUT2D eigenvalue weighted by Crippen LogP contribution is -2.29. The summed E-state index contributed by atoms with van der Waals surface area (Å²) in [5.74, 6) is 0. The number of rotatable bonds is 1. The van der Waals surface area contributed by atoms with Gasteiger partial charge < -0.3 is 5.32 Å². The molecular weight excluding hydrogens is 226 g/mol. The van der Waals surface area contributed by atoms with Crippen LogP contribution in [-0.4, -0.2) is 15.9 Å². The summed E-state index contributed by atoms with van der Waals surface area (Å²) in [6.07, 6.45) is 5.27. The lowest BCUT2D eigenvalue weighted by molar-refractivity contribution is 0.405. The van der Waals surface area contributed by atoms with Crippen molar-refractivity contribution >= 4 is 5.65 Å². The standard InChI is InChI=1S/C14H17N3O/c1-10-5-7-17-13(8-10)16-12(9-14(17)18)11-4-2-3-6-15-11/h5,7-9,11,15H,2-4,6H2,1H3. The lowest BCUT2D eigenvalue weighted by atomic mass is 10.0. The number of piperidine rings is 1. The van der Waals surface area contributed by atoms with Crippen molar-refractivity contribution in [2.24, 2.45) is 0 Å². The Hall–Kier alpha value is -1.68. The highest BCUT2D eigenvalue weighted by molar-refractivity contribution is 5.41. The second kappa shape index (κ2) is 4.53. The Morgan fingerprint density at radius 1 is 1.39 bits per heavy atom. The maximum Gasteiger partial charge on any atom is 0.258 e. The van der Waals surface area contributed by atoms with Crippen LogP contribution < -0.4 is 10.9 Å². The minimum absolute atomic E-state index is 0.00220. The fourth-order valence-electron chi connectivity index (χ4n) is 2.51. The number of nitrogens with one attached hydrogen (secondary N) is 1. The number of hydrogen-bond acceptors (Lipinski definition) is 3. The quantitative estimate of drug-likeness (QED) is 0.831. The van der Waals surface area contributed by atoms with Crippen LogP contribution >= 0.6 is 0 Å². The zero-order valence-electron chi connectivity index (χ0n) is 10.5. The van der Waals surface area contributed by atoms with Crippen LogP contribution in [0.15, 0.2) is 29.2 Å². The number of aryl methyl sites for hydroxylation is 1. The Bertz CT molecular complexity index is 626. The summed E-state index contributed by atoms with van der Waals surface area (Å²) in [7, 11) is 0. The summed E-state index contributed by atoms with van der Waals surface area (Å²) in [4.78, 5) is 16.7. The smallest absolute Gasteiger partial charge is 0.258 e. The summed E-state index contributed by atoms with van der Waals surface area (Å²) in [5, 5.41) is 3.43. The molecule has 2 aromatic heterocycles. The van der Waals surface area contributed by atoms with Gasteiger partial charge in [-0.05, 0) is 44.0 Å². The van der Waals surface area contributed by atoms with Crippen molar-refractivity contribution < 1.29 is 0 Å². The number of aromatic nitrogens is 2. The summed E-state index contributed by atoms with van der Waals surface area (Å²) < 4.78 is 1.60. The molecule has 1 fully saturated rings. The summed E-state index contributed by atoms with van der Waals surface area (Å²) in [6, 6.07) is 5.77. The van der Waals surface area contributed by atoms with E-state index < -0.39 is 0 Å². The lowest BCUT2D eigenvalue weighted by Gasteiger charge is -2.22. The predicted molar refractivity (Wildman–Crippen MR) is 70.8 cm³/mol. The zero-order chi connectivity index (χ0) is 12.5. The summed E-state index contributed by atoms with van der Waals surface area (Å²) in [6.45, 7) is 3.03. The second-order valence-corrected chi connectivity index (χ2v) is 4.95. The predicted octanol–water partition coefficient (Wildman–Crippen LogP) is 1.82. The first-order chi connectivity index (χ1) is 8.74. The van der Waals surface area contributed by atoms with Gasteiger partial charge in [0.25, 0.3) is 5.56 Å². The molecule has 18 heavy (non-hydrogen) atoms. The third-order valence-corrected chi connectivity index (χ3v) is 3.51. The van der Waals surface area contributed by atoms with Crippen LogP contribution in [0.5, 0.6) is 0 Å². The van der Waals surface area contributed by atoms with Crippen LogP contribution in [0.3, 0.4) is 0 Å². The van der Waals surface area contributed by atoms with E-state index in [-0.39, 0.29) is 11.6 Å². The number of hydrogen-bond donors (Lipinski definition) is 1. The number of pyridine rings is 1. The van der Waals surface area contributed by atoms with Crippen molar-refractivity contribution in [1.29, 1.82) is 0 Å². The first kappa shape index (κ1) is 11.4. The fourth-order valence-corrected chi connectivity index (χ4v) is 2.51. The molecule has 1 aliphatic rings. The van der Waals surface area contributed by atoms with E-state index in [1.807, 2.05) is 19.1 Å². The van der Waals surface area contributed by atoms with Crippen LogP contribution in [0.4, 0.5) is 0 Å². The number of nitrogens with zero attached hydrogens (tertiary/aromatic N) is 2. The van der Waals surface area contributed by atoms with Gasteiger partial charge in [-0.1, -0.05) is 6.42 Å². The Morgan fingerprint density at radius 3 is 3.06 bits per heavy atom. The molecule has 2 aromatic rings. The molecule has 0 bridgehead atoms. The molecule has 1 atom stereocenters. The Kier molecular flexibility index (Phi) is 2.88. The van der Waals surface area contributed by atoms with Gasteiger partial charge >= 0.3 is 0 Å². The molecule has 4 heteroatoms. The van der Waals surface area contributed by atoms with Gasteiger partial charge in [-0.25, -0.2) is 4.98 Å². The third-order valence-electron chi connectivity index (χ3n) is 3.51. The van der Waals surface area contributed by atoms with E-state index in [1.165, 1.54) is 12.8 Å². The largest absolute Gasteiger partial charge is 0.309 e. The molecule has 0 aliphatic carbocycles. The van der Waals surface area contributed by atoms with E-state index in [4.69, 9.17) is 0 Å². The van der Waals surface area contributed by atoms with E-state index in [2.05, 4.69) is 10.3 Å². The van der Waals surface area contributed by atoms with Gasteiger partial charge in [-0.3, -0.25) is 9.20 Å². The highest BCUT2D eigenvalue weighted by atomic mass is 16.1. The van der Waals surface area contributed by atoms with E-state index in [0.29, 0.717) is 0 Å². The Labute approximate surface area is 106 Å². The molecule has 3 rings (SSSR count). The van der Waals surface area contributed by atoms with Gasteiger partial charge in [0, 0.05) is 18.3 Å². The second-order valence-electron chi connectivity index (χ2n) is 4.95. The molecule has 0 saturated carbocycles. The van der Waals surface area contributed by atoms with E-state index in [1.54, 1.807) is 16.7 Å². The molecule has 0 aromatic carbocycles. The van der Waals surface area contributed by atoms with E-state index in [9.17, 15) is 4.79 Å². The first-order valence-corrected chi connectivity index (χ1v) is 6.47. The molecule has 94 valence electrons. The molecule has 1 unspecified atom stereocenters. The van der Waals surface area contributed by atoms with Gasteiger partial charge in [0.05, 0.1) is 5.69 Å². The molecule has 0 radical (unpaired) electrons. The van der Waals surface area contributed by atoms with Gasteiger partial charge in [0.15, 0.2) is 0 Å². The van der Waals surface area contributed by atoms with Crippen molar-refractivity contribution in [2.45, 2.75) is 32.2 Å². The molecule has 1 aliphatic heterocycles. The van der Waals surface area contributed by atoms with Crippen molar-refractivity contribution in [3.8, 4) is 0 Å². The van der Waals surface area contributed by atoms with Crippen LogP contribution in [0.25, 0.3) is 5.65 Å². The molecule has 1 saturated heterocycles. The molecule has 1 N–H and O–H groups in total. The van der Waals surface area contributed by atoms with Crippen molar-refractivity contribution in [3.63, 3.8) is 0 Å². The van der Waals surface area contributed by atoms with Crippen LogP contribution in [0.2, 0.25) is 0 Å². The van der Waals surface area contributed by atoms with Crippen molar-refractivity contribution in [1.82, 2.24) is 14.7 Å². The molecular formula is C14H17N3O. The Morgan fingerprint density at radius 2 is 2.28 bits per heavy atom. The van der Waals surface area contributed by atoms with Gasteiger partial charge in [0.2, 0.25) is 0 Å². The SMILES string of the molecule is Cc1ccn2c(=O)cc(C3CCCCN3)nc2c1. The van der Waals surface area contributed by atoms with E-state index >= 15 is 0 Å². The van der Waals surface area contributed by atoms with Gasteiger partial charge in [0.1, 0.15) is 5.65 Å². The highest BCUT2D eigenvalue weighted by Gasteiger charge is 2.17. The van der Waals surface area contributed by atoms with Crippen LogP contribution in [0, 0.1) is 6.92 Å². The normalized spacial score (nSPS) is 20.2. The fraction of sp³-hybridized carbons (Fsp3) is 0.429. The van der Waals surface area contributed by atoms with Crippen LogP contribution in [0.1, 0.15) is 36.6 Å². The summed E-state index contributed by atoms with van der Waals surface area (Å²) >= 11 is 0. The monoisotopic (exact) mass is 243 g/mol. The minimum atomic E-state index is 0.00220. The first-order valence-electron chi connectivity index (χ1n) is 6.47. The Balaban J connectivity index is 2.10. The zero-order valence-corrected chi connectivity index (χ0v) is 10.5. The van der Waals surface area contributed by atoms with Crippen molar-refractivity contribution in [3.05, 3.63) is 46.0 Å². The minimum Gasteiger partial charge on any atom is -0.309 e. The van der Waals surface area contributed by atoms with E-state index in [0.717, 1.165) is 29.9 Å². The van der Waals surface area contributed by atoms with Crippen LogP contribution in [-0.2, 0) is 0 Å². The maximum absolute atomic E-state index is 12.0. The summed E-state index contributed by atoms with van der Waals surface area (Å²) in [5.41, 5.74) is 2.74. The molecule has 0 spiro atoms. The van der Waals surface area contributed by atoms with Crippen molar-refractivity contribution in [2.75, 3.05) is 6.54 Å². The average molecular weight is 243 g/mol. The topological polar surface area (TPSA) is 46.4 Å². The average Bonchev–Trinajstić information content (AvgIpc) is 2.39. The highest BCUT2D eigenvalue weighted by Crippen LogP contribution is 2.20. The van der Waals surface area contributed by atoms with Gasteiger partial charge in [-0.2, -0.15) is 0 Å². The number of fused-ring (bicyclic) bond motifs is 1. The molecule has 0 amide bonds. The third kappa shape index (κ3) is 2.04. The molecule has 4 nitrogen and oxygen atoms in total. The molecule has 3 heterocycles. The van der Waals surface area contributed by atoms with Gasteiger partial charge in [-0.15, -0.1) is 0 Å².